The summed E-state index contributed by atoms with van der Waals surface area (Å²) in [5.74, 6) is 0.820. The number of hydrogen-bond donors (Lipinski definition) is 0. The van der Waals surface area contributed by atoms with E-state index in [0.29, 0.717) is 23.3 Å². The Hall–Kier alpha value is -1.62. The van der Waals surface area contributed by atoms with E-state index < -0.39 is 0 Å². The van der Waals surface area contributed by atoms with E-state index >= 15 is 0 Å². The quantitative estimate of drug-likeness (QED) is 0.859. The van der Waals surface area contributed by atoms with Crippen LogP contribution in [0.15, 0.2) is 27.8 Å². The number of carbonyl (C=O) groups is 1. The number of rotatable bonds is 3. The van der Waals surface area contributed by atoms with Crippen molar-refractivity contribution in [2.45, 2.75) is 50.0 Å². The lowest BCUT2D eigenvalue weighted by molar-refractivity contribution is -0.119. The zero-order valence-corrected chi connectivity index (χ0v) is 13.1. The molecule has 0 unspecified atom stereocenters. The summed E-state index contributed by atoms with van der Waals surface area (Å²) in [6.45, 7) is 4.13. The summed E-state index contributed by atoms with van der Waals surface area (Å²) >= 11 is 1.41. The third-order valence-electron chi connectivity index (χ3n) is 3.90. The minimum atomic E-state index is -0.0215. The van der Waals surface area contributed by atoms with E-state index in [4.69, 9.17) is 4.42 Å². The van der Waals surface area contributed by atoms with Crippen LogP contribution in [-0.2, 0) is 4.79 Å². The van der Waals surface area contributed by atoms with Crippen molar-refractivity contribution in [3.8, 4) is 11.5 Å². The normalized spacial score (nSPS) is 19.0. The molecule has 1 fully saturated rings. The highest BCUT2D eigenvalue weighted by Gasteiger charge is 2.25. The average Bonchev–Trinajstić information content (AvgIpc) is 2.93. The van der Waals surface area contributed by atoms with Crippen molar-refractivity contribution in [1.29, 1.82) is 0 Å². The molecule has 0 saturated heterocycles. The first-order chi connectivity index (χ1) is 10.1. The fourth-order valence-electron chi connectivity index (χ4n) is 2.45. The molecule has 1 heterocycles. The zero-order chi connectivity index (χ0) is 14.8. The van der Waals surface area contributed by atoms with Crippen LogP contribution in [-0.4, -0.2) is 21.2 Å². The van der Waals surface area contributed by atoms with E-state index in [9.17, 15) is 4.79 Å². The molecule has 0 radical (unpaired) electrons. The number of nitrogens with zero attached hydrogens (tertiary/aromatic N) is 2. The average molecular weight is 302 g/mol. The fourth-order valence-corrected chi connectivity index (χ4v) is 3.44. The van der Waals surface area contributed by atoms with Crippen molar-refractivity contribution in [1.82, 2.24) is 10.2 Å². The van der Waals surface area contributed by atoms with Crippen LogP contribution in [0.3, 0.4) is 0 Å². The van der Waals surface area contributed by atoms with Crippen molar-refractivity contribution < 1.29 is 9.21 Å². The molecule has 4 nitrogen and oxygen atoms in total. The lowest BCUT2D eigenvalue weighted by Crippen LogP contribution is -2.21. The van der Waals surface area contributed by atoms with Gasteiger partial charge in [0.2, 0.25) is 5.89 Å². The van der Waals surface area contributed by atoms with Gasteiger partial charge < -0.3 is 4.42 Å². The van der Waals surface area contributed by atoms with E-state index in [1.807, 2.05) is 18.2 Å². The van der Waals surface area contributed by atoms with E-state index in [2.05, 4.69) is 24.0 Å². The van der Waals surface area contributed by atoms with Crippen LogP contribution in [0, 0.1) is 13.8 Å². The maximum absolute atomic E-state index is 11.8. The van der Waals surface area contributed by atoms with Gasteiger partial charge in [-0.15, -0.1) is 10.2 Å². The highest BCUT2D eigenvalue weighted by atomic mass is 32.2. The molecule has 0 amide bonds. The molecule has 3 rings (SSSR count). The molecule has 1 atom stereocenters. The summed E-state index contributed by atoms with van der Waals surface area (Å²) in [5.41, 5.74) is 3.36. The van der Waals surface area contributed by atoms with Crippen LogP contribution in [0.5, 0.6) is 0 Å². The molecule has 0 bridgehead atoms. The van der Waals surface area contributed by atoms with Gasteiger partial charge in [0, 0.05) is 12.0 Å². The molecule has 1 aromatic carbocycles. The van der Waals surface area contributed by atoms with Crippen molar-refractivity contribution >= 4 is 17.5 Å². The van der Waals surface area contributed by atoms with Gasteiger partial charge in [-0.3, -0.25) is 4.79 Å². The second-order valence-electron chi connectivity index (χ2n) is 5.49. The van der Waals surface area contributed by atoms with Crippen molar-refractivity contribution in [3.63, 3.8) is 0 Å². The molecule has 1 aliphatic carbocycles. The highest BCUT2D eigenvalue weighted by molar-refractivity contribution is 8.00. The molecule has 0 N–H and O–H groups in total. The van der Waals surface area contributed by atoms with Gasteiger partial charge in [0.1, 0.15) is 5.78 Å². The predicted molar refractivity (Wildman–Crippen MR) is 82.3 cm³/mol. The van der Waals surface area contributed by atoms with Gasteiger partial charge in [-0.2, -0.15) is 0 Å². The Morgan fingerprint density at radius 2 is 2.05 bits per heavy atom. The molecule has 1 saturated carbocycles. The van der Waals surface area contributed by atoms with Crippen molar-refractivity contribution in [2.24, 2.45) is 0 Å². The third-order valence-corrected chi connectivity index (χ3v) is 5.05. The summed E-state index contributed by atoms with van der Waals surface area (Å²) in [6, 6.07) is 6.07. The molecule has 0 aliphatic heterocycles. The molecule has 2 aromatic rings. The van der Waals surface area contributed by atoms with Gasteiger partial charge >= 0.3 is 0 Å². The highest BCUT2D eigenvalue weighted by Crippen LogP contribution is 2.32. The Morgan fingerprint density at radius 1 is 1.19 bits per heavy atom. The van der Waals surface area contributed by atoms with Crippen molar-refractivity contribution in [2.75, 3.05) is 0 Å². The molecule has 21 heavy (non-hydrogen) atoms. The molecular weight excluding hydrogens is 284 g/mol. The Balaban J connectivity index is 1.76. The van der Waals surface area contributed by atoms with E-state index in [1.54, 1.807) is 0 Å². The Morgan fingerprint density at radius 3 is 2.81 bits per heavy atom. The molecule has 1 aliphatic rings. The standard InChI is InChI=1S/C16H18N2O2S/c1-10-7-8-12(9-11(10)2)15-17-18-16(20-15)21-14-6-4-3-5-13(14)19/h7-9,14H,3-6H2,1-2H3/t14-/m0/s1. The van der Waals surface area contributed by atoms with Gasteiger partial charge in [-0.25, -0.2) is 0 Å². The molecule has 1 aromatic heterocycles. The second-order valence-corrected chi connectivity index (χ2v) is 6.64. The van der Waals surface area contributed by atoms with Crippen LogP contribution in [0.4, 0.5) is 0 Å². The minimum Gasteiger partial charge on any atom is -0.411 e. The van der Waals surface area contributed by atoms with Gasteiger partial charge in [0.05, 0.1) is 5.25 Å². The number of thioether (sulfide) groups is 1. The van der Waals surface area contributed by atoms with Gasteiger partial charge in [0.15, 0.2) is 0 Å². The topological polar surface area (TPSA) is 56.0 Å². The van der Waals surface area contributed by atoms with Gasteiger partial charge in [0.25, 0.3) is 5.22 Å². The monoisotopic (exact) mass is 302 g/mol. The Kier molecular flexibility index (Phi) is 4.10. The van der Waals surface area contributed by atoms with Crippen LogP contribution in [0.2, 0.25) is 0 Å². The van der Waals surface area contributed by atoms with Crippen molar-refractivity contribution in [3.05, 3.63) is 29.3 Å². The zero-order valence-electron chi connectivity index (χ0n) is 12.3. The van der Waals surface area contributed by atoms with Crippen LogP contribution < -0.4 is 0 Å². The molecule has 110 valence electrons. The molecule has 5 heteroatoms. The largest absolute Gasteiger partial charge is 0.411 e. The number of aromatic nitrogens is 2. The van der Waals surface area contributed by atoms with E-state index in [0.717, 1.165) is 24.8 Å². The van der Waals surface area contributed by atoms with E-state index in [1.165, 1.54) is 22.9 Å². The summed E-state index contributed by atoms with van der Waals surface area (Å²) in [4.78, 5) is 11.8. The van der Waals surface area contributed by atoms with Crippen LogP contribution >= 0.6 is 11.8 Å². The van der Waals surface area contributed by atoms with Crippen LogP contribution in [0.25, 0.3) is 11.5 Å². The Bertz CT molecular complexity index is 666. The lowest BCUT2D eigenvalue weighted by atomic mass is 9.99. The first-order valence-corrected chi connectivity index (χ1v) is 8.12. The summed E-state index contributed by atoms with van der Waals surface area (Å²) in [5, 5.41) is 8.63. The smallest absolute Gasteiger partial charge is 0.277 e. The lowest BCUT2D eigenvalue weighted by Gasteiger charge is -2.17. The maximum Gasteiger partial charge on any atom is 0.277 e. The number of ketones is 1. The second kappa shape index (κ2) is 6.02. The summed E-state index contributed by atoms with van der Waals surface area (Å²) < 4.78 is 5.70. The minimum absolute atomic E-state index is 0.0215. The third kappa shape index (κ3) is 3.18. The number of hydrogen-bond acceptors (Lipinski definition) is 5. The number of carbonyl (C=O) groups excluding carboxylic acids is 1. The van der Waals surface area contributed by atoms with E-state index in [-0.39, 0.29) is 5.25 Å². The molecule has 0 spiro atoms. The Labute approximate surface area is 128 Å². The maximum atomic E-state index is 11.8. The number of Topliss-reactive ketones (excluding diaryl/α,β-unsaturated/α-hetero) is 1. The van der Waals surface area contributed by atoms with Gasteiger partial charge in [-0.1, -0.05) is 24.2 Å². The van der Waals surface area contributed by atoms with Gasteiger partial charge in [-0.05, 0) is 49.9 Å². The van der Waals surface area contributed by atoms with Crippen LogP contribution in [0.1, 0.15) is 36.8 Å². The fraction of sp³-hybridized carbons (Fsp3) is 0.438. The summed E-state index contributed by atoms with van der Waals surface area (Å²) in [6.07, 6.45) is 3.69. The summed E-state index contributed by atoms with van der Waals surface area (Å²) in [7, 11) is 0. The number of aryl methyl sites for hydroxylation is 2. The number of benzene rings is 1. The molecular formula is C16H18N2O2S. The first kappa shape index (κ1) is 14.3. The predicted octanol–water partition coefficient (Wildman–Crippen LogP) is 3.96. The first-order valence-electron chi connectivity index (χ1n) is 7.24. The SMILES string of the molecule is Cc1ccc(-c2nnc(S[C@H]3CCCCC3=O)o2)cc1C.